The number of hydrogen-bond donors (Lipinski definition) is 0. The normalized spacial score (nSPS) is 25.9. The minimum absolute atomic E-state index is 0.140. The fraction of sp³-hybridized carbons (Fsp3) is 0.278. The van der Waals surface area contributed by atoms with E-state index in [1.54, 1.807) is 12.1 Å². The quantitative estimate of drug-likeness (QED) is 0.497. The van der Waals surface area contributed by atoms with E-state index in [1.165, 1.54) is 5.56 Å². The highest BCUT2D eigenvalue weighted by molar-refractivity contribution is 6.07. The molecule has 1 saturated heterocycles. The van der Waals surface area contributed by atoms with E-state index >= 15 is 0 Å². The second-order valence-corrected chi connectivity index (χ2v) is 5.96. The van der Waals surface area contributed by atoms with Gasteiger partial charge in [0.2, 0.25) is 0 Å². The van der Waals surface area contributed by atoms with Crippen molar-refractivity contribution in [3.05, 3.63) is 75.8 Å². The van der Waals surface area contributed by atoms with Gasteiger partial charge in [0.25, 0.3) is 5.69 Å². The van der Waals surface area contributed by atoms with Gasteiger partial charge in [-0.3, -0.25) is 20.0 Å². The average molecular weight is 307 g/mol. The summed E-state index contributed by atoms with van der Waals surface area (Å²) in [6, 6.07) is 17.8. The van der Waals surface area contributed by atoms with E-state index < -0.39 is 0 Å². The summed E-state index contributed by atoms with van der Waals surface area (Å²) in [5.41, 5.74) is 3.59. The third-order valence-corrected chi connectivity index (χ3v) is 4.58. The van der Waals surface area contributed by atoms with Gasteiger partial charge in [-0.05, 0) is 17.5 Å². The number of aliphatic imine (C=N–C) groups is 1. The molecule has 0 amide bonds. The van der Waals surface area contributed by atoms with Crippen LogP contribution in [0.2, 0.25) is 0 Å². The SMILES string of the molecule is O=[N+]([O-])c1ccc([C@H]2[C@H]3C(c4ccccc4)=NCCCN32)cc1. The molecule has 0 N–H and O–H groups in total. The van der Waals surface area contributed by atoms with Crippen LogP contribution in [0.5, 0.6) is 0 Å². The maximum atomic E-state index is 10.8. The molecule has 0 spiro atoms. The fourth-order valence-corrected chi connectivity index (χ4v) is 3.44. The van der Waals surface area contributed by atoms with Crippen LogP contribution in [0, 0.1) is 10.1 Å². The number of nitro groups is 1. The van der Waals surface area contributed by atoms with Crippen molar-refractivity contribution in [2.75, 3.05) is 13.1 Å². The standard InChI is InChI=1S/C18H17N3O2/c22-21(23)15-9-7-14(8-10-15)17-18-16(13-5-2-1-3-6-13)19-11-4-12-20(17)18/h1-3,5-10,17-18H,4,11-12H2/t17-,18+,20?/m0/s1. The largest absolute Gasteiger partial charge is 0.287 e. The minimum Gasteiger partial charge on any atom is -0.287 e. The van der Waals surface area contributed by atoms with Crippen molar-refractivity contribution in [3.63, 3.8) is 0 Å². The van der Waals surface area contributed by atoms with Crippen molar-refractivity contribution >= 4 is 11.4 Å². The van der Waals surface area contributed by atoms with Crippen molar-refractivity contribution < 1.29 is 4.92 Å². The van der Waals surface area contributed by atoms with Gasteiger partial charge in [-0.15, -0.1) is 0 Å². The Morgan fingerprint density at radius 1 is 1.04 bits per heavy atom. The van der Waals surface area contributed by atoms with Crippen molar-refractivity contribution in [2.24, 2.45) is 4.99 Å². The molecule has 2 aromatic carbocycles. The topological polar surface area (TPSA) is 58.5 Å². The maximum absolute atomic E-state index is 10.8. The van der Waals surface area contributed by atoms with Gasteiger partial charge >= 0.3 is 0 Å². The first-order valence-electron chi connectivity index (χ1n) is 7.85. The number of non-ortho nitro benzene ring substituents is 1. The minimum atomic E-state index is -0.355. The number of rotatable bonds is 3. The molecule has 116 valence electrons. The highest BCUT2D eigenvalue weighted by Gasteiger charge is 2.51. The molecule has 4 rings (SSSR count). The summed E-state index contributed by atoms with van der Waals surface area (Å²) in [7, 11) is 0. The molecule has 2 heterocycles. The first-order chi connectivity index (χ1) is 11.3. The Hall–Kier alpha value is -2.53. The number of fused-ring (bicyclic) bond motifs is 1. The van der Waals surface area contributed by atoms with Crippen LogP contribution < -0.4 is 0 Å². The first kappa shape index (κ1) is 14.1. The lowest BCUT2D eigenvalue weighted by Gasteiger charge is -2.05. The summed E-state index contributed by atoms with van der Waals surface area (Å²) >= 11 is 0. The Balaban J connectivity index is 1.64. The first-order valence-corrected chi connectivity index (χ1v) is 7.85. The van der Waals surface area contributed by atoms with E-state index in [2.05, 4.69) is 17.0 Å². The van der Waals surface area contributed by atoms with E-state index in [-0.39, 0.29) is 16.7 Å². The van der Waals surface area contributed by atoms with Crippen LogP contribution in [0.15, 0.2) is 59.6 Å². The van der Waals surface area contributed by atoms with E-state index in [0.29, 0.717) is 6.04 Å². The second-order valence-electron chi connectivity index (χ2n) is 5.96. The third kappa shape index (κ3) is 2.53. The predicted molar refractivity (Wildman–Crippen MR) is 88.8 cm³/mol. The van der Waals surface area contributed by atoms with Gasteiger partial charge in [0.15, 0.2) is 0 Å². The Morgan fingerprint density at radius 2 is 1.78 bits per heavy atom. The van der Waals surface area contributed by atoms with Gasteiger partial charge in [0.05, 0.1) is 22.7 Å². The third-order valence-electron chi connectivity index (χ3n) is 4.58. The van der Waals surface area contributed by atoms with Crippen LogP contribution in [-0.2, 0) is 0 Å². The van der Waals surface area contributed by atoms with Gasteiger partial charge in [0, 0.05) is 25.2 Å². The Kier molecular flexibility index (Phi) is 3.42. The Bertz CT molecular complexity index is 756. The van der Waals surface area contributed by atoms with E-state index in [0.717, 1.165) is 30.8 Å². The van der Waals surface area contributed by atoms with Gasteiger partial charge in [-0.2, -0.15) is 0 Å². The van der Waals surface area contributed by atoms with E-state index in [4.69, 9.17) is 4.99 Å². The zero-order chi connectivity index (χ0) is 15.8. The summed E-state index contributed by atoms with van der Waals surface area (Å²) in [6.45, 7) is 1.89. The zero-order valence-electron chi connectivity index (χ0n) is 12.6. The molecule has 2 aliphatic heterocycles. The summed E-state index contributed by atoms with van der Waals surface area (Å²) in [4.78, 5) is 17.7. The summed E-state index contributed by atoms with van der Waals surface area (Å²) < 4.78 is 0. The molecule has 0 saturated carbocycles. The fourth-order valence-electron chi connectivity index (χ4n) is 3.44. The lowest BCUT2D eigenvalue weighted by molar-refractivity contribution is -0.384. The van der Waals surface area contributed by atoms with Gasteiger partial charge in [-0.25, -0.2) is 0 Å². The Morgan fingerprint density at radius 3 is 2.48 bits per heavy atom. The Labute approximate surface area is 134 Å². The number of nitro benzene ring substituents is 1. The molecule has 23 heavy (non-hydrogen) atoms. The molecule has 1 unspecified atom stereocenters. The van der Waals surface area contributed by atoms with E-state index in [9.17, 15) is 10.1 Å². The van der Waals surface area contributed by atoms with Crippen LogP contribution in [0.1, 0.15) is 23.6 Å². The highest BCUT2D eigenvalue weighted by Crippen LogP contribution is 2.46. The van der Waals surface area contributed by atoms with Crippen molar-refractivity contribution in [1.29, 1.82) is 0 Å². The van der Waals surface area contributed by atoms with Crippen LogP contribution >= 0.6 is 0 Å². The molecule has 5 heteroatoms. The molecule has 0 bridgehead atoms. The van der Waals surface area contributed by atoms with E-state index in [1.807, 2.05) is 30.3 Å². The molecule has 2 aliphatic rings. The zero-order valence-corrected chi connectivity index (χ0v) is 12.6. The van der Waals surface area contributed by atoms with Crippen LogP contribution in [0.4, 0.5) is 5.69 Å². The number of benzene rings is 2. The maximum Gasteiger partial charge on any atom is 0.269 e. The molecule has 0 aromatic heterocycles. The smallest absolute Gasteiger partial charge is 0.269 e. The van der Waals surface area contributed by atoms with Crippen LogP contribution in [0.25, 0.3) is 0 Å². The number of nitrogens with zero attached hydrogens (tertiary/aromatic N) is 3. The van der Waals surface area contributed by atoms with Gasteiger partial charge < -0.3 is 0 Å². The van der Waals surface area contributed by atoms with Gasteiger partial charge in [-0.1, -0.05) is 42.5 Å². The average Bonchev–Trinajstić information content (AvgIpc) is 3.31. The molecule has 3 atom stereocenters. The monoisotopic (exact) mass is 307 g/mol. The molecular formula is C18H17N3O2. The van der Waals surface area contributed by atoms with Crippen LogP contribution in [-0.4, -0.2) is 34.7 Å². The van der Waals surface area contributed by atoms with Crippen molar-refractivity contribution in [1.82, 2.24) is 4.90 Å². The molecule has 2 aromatic rings. The van der Waals surface area contributed by atoms with Crippen LogP contribution in [0.3, 0.4) is 0 Å². The van der Waals surface area contributed by atoms with Crippen molar-refractivity contribution in [2.45, 2.75) is 18.5 Å². The lowest BCUT2D eigenvalue weighted by atomic mass is 10.0. The summed E-state index contributed by atoms with van der Waals surface area (Å²) in [5.74, 6) is 0. The predicted octanol–water partition coefficient (Wildman–Crippen LogP) is 3.21. The number of hydrogen-bond acceptors (Lipinski definition) is 4. The molecule has 0 radical (unpaired) electrons. The molecule has 0 aliphatic carbocycles. The summed E-state index contributed by atoms with van der Waals surface area (Å²) in [5, 5.41) is 10.8. The molecular weight excluding hydrogens is 290 g/mol. The molecule has 5 nitrogen and oxygen atoms in total. The summed E-state index contributed by atoms with van der Waals surface area (Å²) in [6.07, 6.45) is 1.05. The van der Waals surface area contributed by atoms with Crippen molar-refractivity contribution in [3.8, 4) is 0 Å². The lowest BCUT2D eigenvalue weighted by Crippen LogP contribution is -2.13. The molecule has 1 fully saturated rings. The van der Waals surface area contributed by atoms with Gasteiger partial charge in [0.1, 0.15) is 0 Å². The second kappa shape index (κ2) is 5.59. The highest BCUT2D eigenvalue weighted by atomic mass is 16.6.